The molecular weight excluding hydrogens is 326 g/mol. The molecule has 3 heterocycles. The largest absolute Gasteiger partial charge is 0.351 e. The third kappa shape index (κ3) is 2.21. The molecule has 0 spiro atoms. The van der Waals surface area contributed by atoms with Gasteiger partial charge in [0, 0.05) is 16.8 Å². The van der Waals surface area contributed by atoms with Crippen LogP contribution in [0.25, 0.3) is 5.57 Å². The monoisotopic (exact) mass is 345 g/mol. The molecule has 0 aromatic heterocycles. The van der Waals surface area contributed by atoms with Gasteiger partial charge in [-0.25, -0.2) is 0 Å². The maximum absolute atomic E-state index is 13.3. The summed E-state index contributed by atoms with van der Waals surface area (Å²) in [6.45, 7) is 2.61. The lowest BCUT2D eigenvalue weighted by molar-refractivity contribution is -0.113. The van der Waals surface area contributed by atoms with Crippen LogP contribution < -0.4 is 10.2 Å². The molecule has 2 aromatic carbocycles. The summed E-state index contributed by atoms with van der Waals surface area (Å²) >= 11 is 0. The molecular formula is C21H19N3O2. The van der Waals surface area contributed by atoms with Crippen molar-refractivity contribution in [2.75, 3.05) is 30.0 Å². The van der Waals surface area contributed by atoms with Gasteiger partial charge in [-0.3, -0.25) is 19.4 Å². The molecule has 0 saturated carbocycles. The highest BCUT2D eigenvalue weighted by Crippen LogP contribution is 2.41. The third-order valence-corrected chi connectivity index (χ3v) is 5.37. The number of para-hydroxylation sites is 2. The van der Waals surface area contributed by atoms with Crippen LogP contribution in [0.5, 0.6) is 0 Å². The molecule has 5 heteroatoms. The zero-order valence-electron chi connectivity index (χ0n) is 14.4. The Morgan fingerprint density at radius 2 is 1.58 bits per heavy atom. The summed E-state index contributed by atoms with van der Waals surface area (Å²) < 4.78 is 0. The number of anilines is 2. The zero-order chi connectivity index (χ0) is 17.7. The van der Waals surface area contributed by atoms with Gasteiger partial charge in [0.25, 0.3) is 5.91 Å². The van der Waals surface area contributed by atoms with E-state index in [1.165, 1.54) is 12.8 Å². The molecule has 1 fully saturated rings. The Morgan fingerprint density at radius 3 is 2.35 bits per heavy atom. The lowest BCUT2D eigenvalue weighted by Gasteiger charge is -2.24. The van der Waals surface area contributed by atoms with Crippen molar-refractivity contribution in [3.63, 3.8) is 0 Å². The molecule has 26 heavy (non-hydrogen) atoms. The third-order valence-electron chi connectivity index (χ3n) is 5.37. The number of amides is 1. The van der Waals surface area contributed by atoms with E-state index < -0.39 is 0 Å². The van der Waals surface area contributed by atoms with Gasteiger partial charge in [-0.05, 0) is 44.1 Å². The van der Waals surface area contributed by atoms with E-state index >= 15 is 0 Å². The second-order valence-electron chi connectivity index (χ2n) is 6.97. The van der Waals surface area contributed by atoms with E-state index in [2.05, 4.69) is 10.2 Å². The van der Waals surface area contributed by atoms with E-state index in [1.807, 2.05) is 42.5 Å². The molecule has 5 rings (SSSR count). The van der Waals surface area contributed by atoms with E-state index in [1.54, 1.807) is 11.0 Å². The maximum Gasteiger partial charge on any atom is 0.262 e. The molecule has 0 aliphatic carbocycles. The van der Waals surface area contributed by atoms with Gasteiger partial charge in [-0.2, -0.15) is 0 Å². The smallest absolute Gasteiger partial charge is 0.262 e. The molecule has 0 radical (unpaired) electrons. The van der Waals surface area contributed by atoms with Crippen LogP contribution in [0.1, 0.15) is 28.8 Å². The lowest BCUT2D eigenvalue weighted by Crippen LogP contribution is -2.38. The van der Waals surface area contributed by atoms with E-state index in [0.29, 0.717) is 23.5 Å². The quantitative estimate of drug-likeness (QED) is 0.850. The van der Waals surface area contributed by atoms with Gasteiger partial charge in [0.15, 0.2) is 0 Å². The number of allylic oxidation sites excluding steroid dienone is 1. The van der Waals surface area contributed by atoms with Gasteiger partial charge in [-0.1, -0.05) is 30.3 Å². The van der Waals surface area contributed by atoms with Crippen LogP contribution in [0.15, 0.2) is 54.2 Å². The number of fused-ring (bicyclic) bond motifs is 2. The average Bonchev–Trinajstić information content (AvgIpc) is 3.35. The highest BCUT2D eigenvalue weighted by atomic mass is 16.2. The van der Waals surface area contributed by atoms with Gasteiger partial charge in [0.05, 0.1) is 17.9 Å². The van der Waals surface area contributed by atoms with Crippen LogP contribution in [0.3, 0.4) is 0 Å². The number of likely N-dealkylation sites (tertiary alicyclic amines) is 1. The van der Waals surface area contributed by atoms with Gasteiger partial charge in [-0.15, -0.1) is 0 Å². The SMILES string of the molecule is O=C1/C(=C2/C(=O)N(CN3CCCC3)c3ccccc32)Nc2ccccc21. The van der Waals surface area contributed by atoms with Crippen molar-refractivity contribution in [1.29, 1.82) is 0 Å². The minimum Gasteiger partial charge on any atom is -0.351 e. The zero-order valence-corrected chi connectivity index (χ0v) is 14.4. The van der Waals surface area contributed by atoms with Gasteiger partial charge >= 0.3 is 0 Å². The number of hydrogen-bond acceptors (Lipinski definition) is 4. The van der Waals surface area contributed by atoms with Crippen molar-refractivity contribution in [2.24, 2.45) is 0 Å². The highest BCUT2D eigenvalue weighted by molar-refractivity contribution is 6.39. The van der Waals surface area contributed by atoms with E-state index in [9.17, 15) is 9.59 Å². The first-order chi connectivity index (χ1) is 12.7. The van der Waals surface area contributed by atoms with Crippen molar-refractivity contribution >= 4 is 28.6 Å². The predicted octanol–water partition coefficient (Wildman–Crippen LogP) is 3.11. The first-order valence-corrected chi connectivity index (χ1v) is 9.03. The summed E-state index contributed by atoms with van der Waals surface area (Å²) in [5.74, 6) is -0.205. The number of ketones is 1. The van der Waals surface area contributed by atoms with E-state index in [0.717, 1.165) is 30.0 Å². The molecule has 2 aromatic rings. The summed E-state index contributed by atoms with van der Waals surface area (Å²) in [5, 5.41) is 3.18. The van der Waals surface area contributed by atoms with Crippen molar-refractivity contribution in [3.05, 3.63) is 65.4 Å². The number of rotatable bonds is 2. The van der Waals surface area contributed by atoms with Gasteiger partial charge in [0.1, 0.15) is 5.70 Å². The standard InChI is InChI=1S/C21H19N3O2/c25-20-14-7-1-3-9-16(14)22-19(20)18-15-8-2-4-10-17(15)24(21(18)26)13-23-11-5-6-12-23/h1-4,7-10,22H,5-6,11-13H2/b19-18-. The Balaban J connectivity index is 1.60. The summed E-state index contributed by atoms with van der Waals surface area (Å²) in [6.07, 6.45) is 2.35. The Hall–Kier alpha value is -2.92. The van der Waals surface area contributed by atoms with Crippen LogP contribution >= 0.6 is 0 Å². The van der Waals surface area contributed by atoms with E-state index in [-0.39, 0.29) is 11.7 Å². The van der Waals surface area contributed by atoms with Crippen LogP contribution in [-0.4, -0.2) is 36.3 Å². The normalized spacial score (nSPS) is 21.9. The number of hydrogen-bond donors (Lipinski definition) is 1. The predicted molar refractivity (Wildman–Crippen MR) is 101 cm³/mol. The Morgan fingerprint density at radius 1 is 0.885 bits per heavy atom. The molecule has 130 valence electrons. The summed E-state index contributed by atoms with van der Waals surface area (Å²) in [4.78, 5) is 30.3. The minimum absolute atomic E-state index is 0.0956. The van der Waals surface area contributed by atoms with Crippen molar-refractivity contribution in [3.8, 4) is 0 Å². The molecule has 5 nitrogen and oxygen atoms in total. The molecule has 3 aliphatic heterocycles. The fourth-order valence-corrected chi connectivity index (χ4v) is 4.08. The summed E-state index contributed by atoms with van der Waals surface area (Å²) in [6, 6.07) is 15.1. The van der Waals surface area contributed by atoms with Gasteiger partial charge in [0.2, 0.25) is 5.78 Å². The Labute approximate surface area is 151 Å². The molecule has 0 unspecified atom stereocenters. The van der Waals surface area contributed by atoms with E-state index in [4.69, 9.17) is 0 Å². The molecule has 0 atom stereocenters. The summed E-state index contributed by atoms with van der Waals surface area (Å²) in [5.41, 5.74) is 3.99. The highest BCUT2D eigenvalue weighted by Gasteiger charge is 2.39. The topological polar surface area (TPSA) is 52.7 Å². The molecule has 0 bridgehead atoms. The van der Waals surface area contributed by atoms with Crippen LogP contribution in [0.4, 0.5) is 11.4 Å². The number of benzene rings is 2. The lowest BCUT2D eigenvalue weighted by atomic mass is 10.0. The van der Waals surface area contributed by atoms with Crippen LogP contribution in [0.2, 0.25) is 0 Å². The van der Waals surface area contributed by atoms with Crippen LogP contribution in [0, 0.1) is 0 Å². The first-order valence-electron chi connectivity index (χ1n) is 9.03. The second-order valence-corrected chi connectivity index (χ2v) is 6.97. The van der Waals surface area contributed by atoms with Crippen molar-refractivity contribution in [1.82, 2.24) is 4.90 Å². The molecule has 1 saturated heterocycles. The van der Waals surface area contributed by atoms with Gasteiger partial charge < -0.3 is 5.32 Å². The summed E-state index contributed by atoms with van der Waals surface area (Å²) in [7, 11) is 0. The van der Waals surface area contributed by atoms with Crippen LogP contribution in [-0.2, 0) is 4.79 Å². The maximum atomic E-state index is 13.3. The van der Waals surface area contributed by atoms with Crippen molar-refractivity contribution < 1.29 is 9.59 Å². The Kier molecular flexibility index (Phi) is 3.43. The molecule has 1 amide bonds. The fraction of sp³-hybridized carbons (Fsp3) is 0.238. The molecule has 3 aliphatic rings. The van der Waals surface area contributed by atoms with Crippen molar-refractivity contribution in [2.45, 2.75) is 12.8 Å². The average molecular weight is 345 g/mol. The number of carbonyl (C=O) groups excluding carboxylic acids is 2. The molecule has 1 N–H and O–H groups in total. The fourth-order valence-electron chi connectivity index (χ4n) is 4.08. The number of Topliss-reactive ketones (excluding diaryl/α,β-unsaturated/α-hetero) is 1. The number of nitrogens with zero attached hydrogens (tertiary/aromatic N) is 2. The number of nitrogens with one attached hydrogen (secondary N) is 1. The number of carbonyl (C=O) groups is 2. The second kappa shape index (κ2) is 5.81. The first kappa shape index (κ1) is 15.3. The minimum atomic E-state index is -0.109. The Bertz CT molecular complexity index is 957.